The maximum atomic E-state index is 13.5. The van der Waals surface area contributed by atoms with Gasteiger partial charge in [-0.2, -0.15) is 0 Å². The Morgan fingerprint density at radius 2 is 1.48 bits per heavy atom. The third-order valence-electron chi connectivity index (χ3n) is 5.81. The Morgan fingerprint density at radius 3 is 2.16 bits per heavy atom. The zero-order valence-corrected chi connectivity index (χ0v) is 17.9. The molecule has 2 amide bonds. The van der Waals surface area contributed by atoms with Crippen LogP contribution in [0, 0.1) is 33.5 Å². The van der Waals surface area contributed by atoms with Crippen molar-refractivity contribution in [1.29, 1.82) is 0 Å². The number of halogens is 1. The van der Waals surface area contributed by atoms with Crippen molar-refractivity contribution in [2.75, 3.05) is 10.2 Å². The number of hydrogen-bond acceptors (Lipinski definition) is 3. The van der Waals surface area contributed by atoms with Crippen molar-refractivity contribution >= 4 is 28.8 Å². The maximum Gasteiger partial charge on any atom is 0.282 e. The maximum absolute atomic E-state index is 13.5. The quantitative estimate of drug-likeness (QED) is 0.577. The lowest BCUT2D eigenvalue weighted by atomic mass is 10.0. The number of hydrogen-bond donors (Lipinski definition) is 1. The van der Waals surface area contributed by atoms with Crippen LogP contribution in [0.15, 0.2) is 66.4 Å². The van der Waals surface area contributed by atoms with Gasteiger partial charge in [0.05, 0.1) is 11.3 Å². The predicted octanol–water partition coefficient (Wildman–Crippen LogP) is 5.46. The SMILES string of the molecule is Cc1ccc(NC2=C(c3ccc(F)cc3)C(=O)N(c3cccc(C)c3C)C2=O)cc1C. The number of anilines is 2. The Kier molecular flexibility index (Phi) is 5.19. The van der Waals surface area contributed by atoms with E-state index in [9.17, 15) is 14.0 Å². The molecule has 1 N–H and O–H groups in total. The highest BCUT2D eigenvalue weighted by Gasteiger charge is 2.41. The minimum Gasteiger partial charge on any atom is -0.350 e. The second kappa shape index (κ2) is 7.84. The van der Waals surface area contributed by atoms with Crippen LogP contribution in [-0.2, 0) is 9.59 Å². The van der Waals surface area contributed by atoms with Crippen molar-refractivity contribution in [3.63, 3.8) is 0 Å². The van der Waals surface area contributed by atoms with Crippen molar-refractivity contribution in [3.05, 3.63) is 100.0 Å². The molecule has 0 aliphatic carbocycles. The number of amides is 2. The van der Waals surface area contributed by atoms with E-state index in [-0.39, 0.29) is 11.3 Å². The third-order valence-corrected chi connectivity index (χ3v) is 5.81. The summed E-state index contributed by atoms with van der Waals surface area (Å²) >= 11 is 0. The van der Waals surface area contributed by atoms with Gasteiger partial charge in [-0.05, 0) is 85.8 Å². The Bertz CT molecular complexity index is 1240. The van der Waals surface area contributed by atoms with Gasteiger partial charge in [-0.1, -0.05) is 30.3 Å². The second-order valence-electron chi connectivity index (χ2n) is 7.85. The van der Waals surface area contributed by atoms with Crippen LogP contribution in [0.3, 0.4) is 0 Å². The Morgan fingerprint density at radius 1 is 0.774 bits per heavy atom. The van der Waals surface area contributed by atoms with E-state index in [1.54, 1.807) is 6.07 Å². The summed E-state index contributed by atoms with van der Waals surface area (Å²) in [6.45, 7) is 7.82. The number of imide groups is 1. The van der Waals surface area contributed by atoms with Crippen LogP contribution in [0.4, 0.5) is 15.8 Å². The first-order chi connectivity index (χ1) is 14.8. The molecule has 1 heterocycles. The van der Waals surface area contributed by atoms with E-state index in [4.69, 9.17) is 0 Å². The van der Waals surface area contributed by atoms with Crippen molar-refractivity contribution in [3.8, 4) is 0 Å². The average molecular weight is 414 g/mol. The van der Waals surface area contributed by atoms with Crippen LogP contribution < -0.4 is 10.2 Å². The van der Waals surface area contributed by atoms with Gasteiger partial charge in [-0.25, -0.2) is 9.29 Å². The average Bonchev–Trinajstić information content (AvgIpc) is 2.97. The van der Waals surface area contributed by atoms with E-state index in [1.165, 1.54) is 29.2 Å². The number of rotatable bonds is 4. The van der Waals surface area contributed by atoms with E-state index in [1.807, 2.05) is 58.0 Å². The summed E-state index contributed by atoms with van der Waals surface area (Å²) < 4.78 is 13.5. The molecule has 5 heteroatoms. The van der Waals surface area contributed by atoms with Crippen LogP contribution in [0.1, 0.15) is 27.8 Å². The van der Waals surface area contributed by atoms with Gasteiger partial charge < -0.3 is 5.32 Å². The molecule has 0 unspecified atom stereocenters. The Labute approximate surface area is 181 Å². The topological polar surface area (TPSA) is 49.4 Å². The third kappa shape index (κ3) is 3.63. The minimum absolute atomic E-state index is 0.181. The van der Waals surface area contributed by atoms with Crippen LogP contribution in [0.5, 0.6) is 0 Å². The highest BCUT2D eigenvalue weighted by Crippen LogP contribution is 2.36. The van der Waals surface area contributed by atoms with Gasteiger partial charge in [0.2, 0.25) is 0 Å². The monoisotopic (exact) mass is 414 g/mol. The van der Waals surface area contributed by atoms with Crippen LogP contribution in [0.2, 0.25) is 0 Å². The van der Waals surface area contributed by atoms with Gasteiger partial charge in [-0.3, -0.25) is 9.59 Å². The molecule has 0 saturated heterocycles. The number of nitrogens with one attached hydrogen (secondary N) is 1. The zero-order valence-electron chi connectivity index (χ0n) is 17.9. The van der Waals surface area contributed by atoms with Crippen molar-refractivity contribution in [2.24, 2.45) is 0 Å². The minimum atomic E-state index is -0.434. The molecule has 0 radical (unpaired) electrons. The largest absolute Gasteiger partial charge is 0.350 e. The molecular weight excluding hydrogens is 391 g/mol. The van der Waals surface area contributed by atoms with Crippen LogP contribution in [-0.4, -0.2) is 11.8 Å². The molecule has 3 aromatic rings. The summed E-state index contributed by atoms with van der Waals surface area (Å²) in [5, 5.41) is 3.16. The highest BCUT2D eigenvalue weighted by atomic mass is 19.1. The molecular formula is C26H23FN2O2. The van der Waals surface area contributed by atoms with E-state index in [2.05, 4.69) is 5.32 Å². The first kappa shape index (κ1) is 20.5. The van der Waals surface area contributed by atoms with E-state index >= 15 is 0 Å². The number of carbonyl (C=O) groups is 2. The molecule has 31 heavy (non-hydrogen) atoms. The normalized spacial score (nSPS) is 13.9. The van der Waals surface area contributed by atoms with Gasteiger partial charge in [0.25, 0.3) is 11.8 Å². The second-order valence-corrected chi connectivity index (χ2v) is 7.85. The van der Waals surface area contributed by atoms with Gasteiger partial charge in [0.15, 0.2) is 0 Å². The summed E-state index contributed by atoms with van der Waals surface area (Å²) in [7, 11) is 0. The van der Waals surface area contributed by atoms with Crippen molar-refractivity contribution in [2.45, 2.75) is 27.7 Å². The lowest BCUT2D eigenvalue weighted by Crippen LogP contribution is -2.33. The summed E-state index contributed by atoms with van der Waals surface area (Å²) in [5.41, 5.74) is 6.19. The lowest BCUT2D eigenvalue weighted by Gasteiger charge is -2.19. The molecule has 1 aliphatic heterocycles. The molecule has 0 aromatic heterocycles. The molecule has 0 bridgehead atoms. The van der Waals surface area contributed by atoms with Gasteiger partial charge in [0.1, 0.15) is 11.5 Å². The van der Waals surface area contributed by atoms with Crippen molar-refractivity contribution < 1.29 is 14.0 Å². The standard InChI is InChI=1S/C26H23FN2O2/c1-15-8-13-21(14-17(15)3)28-24-23(19-9-11-20(27)12-10-19)25(30)29(26(24)31)22-7-5-6-16(2)18(22)4/h5-14,28H,1-4H3. The number of carbonyl (C=O) groups excluding carboxylic acids is 2. The van der Waals surface area contributed by atoms with Gasteiger partial charge >= 0.3 is 0 Å². The van der Waals surface area contributed by atoms with E-state index < -0.39 is 17.6 Å². The number of aryl methyl sites for hydroxylation is 3. The van der Waals surface area contributed by atoms with Crippen molar-refractivity contribution in [1.82, 2.24) is 0 Å². The summed E-state index contributed by atoms with van der Waals surface area (Å²) in [4.78, 5) is 28.2. The summed E-state index contributed by atoms with van der Waals surface area (Å²) in [5.74, 6) is -1.27. The predicted molar refractivity (Wildman–Crippen MR) is 121 cm³/mol. The smallest absolute Gasteiger partial charge is 0.282 e. The fraction of sp³-hybridized carbons (Fsp3) is 0.154. The number of nitrogens with zero attached hydrogens (tertiary/aromatic N) is 1. The molecule has 4 nitrogen and oxygen atoms in total. The molecule has 0 atom stereocenters. The van der Waals surface area contributed by atoms with Crippen LogP contribution >= 0.6 is 0 Å². The molecule has 0 spiro atoms. The zero-order chi connectivity index (χ0) is 22.3. The molecule has 0 saturated carbocycles. The number of benzene rings is 3. The van der Waals surface area contributed by atoms with Gasteiger partial charge in [-0.15, -0.1) is 0 Å². The van der Waals surface area contributed by atoms with E-state index in [0.29, 0.717) is 16.9 Å². The lowest BCUT2D eigenvalue weighted by molar-refractivity contribution is -0.120. The van der Waals surface area contributed by atoms with E-state index in [0.717, 1.165) is 22.3 Å². The fourth-order valence-corrected chi connectivity index (χ4v) is 3.69. The molecule has 4 rings (SSSR count). The Hall–Kier alpha value is -3.73. The Balaban J connectivity index is 1.85. The highest BCUT2D eigenvalue weighted by molar-refractivity contribution is 6.46. The molecule has 1 aliphatic rings. The molecule has 0 fully saturated rings. The molecule has 156 valence electrons. The first-order valence-electron chi connectivity index (χ1n) is 10.1. The first-order valence-corrected chi connectivity index (χ1v) is 10.1. The van der Waals surface area contributed by atoms with Crippen LogP contribution in [0.25, 0.3) is 5.57 Å². The molecule has 3 aromatic carbocycles. The fourth-order valence-electron chi connectivity index (χ4n) is 3.69. The summed E-state index contributed by atoms with van der Waals surface area (Å²) in [6, 6.07) is 16.9. The summed E-state index contributed by atoms with van der Waals surface area (Å²) in [6.07, 6.45) is 0. The van der Waals surface area contributed by atoms with Gasteiger partial charge in [0, 0.05) is 5.69 Å².